The van der Waals surface area contributed by atoms with Gasteiger partial charge in [0.25, 0.3) is 0 Å². The van der Waals surface area contributed by atoms with E-state index in [1.165, 1.54) is 35.1 Å². The molecule has 0 amide bonds. The number of rotatable bonds is 7. The summed E-state index contributed by atoms with van der Waals surface area (Å²) in [6, 6.07) is -0.00207. The number of phenolic OH excluding ortho intramolecular Hbond substituents is 1. The zero-order valence-corrected chi connectivity index (χ0v) is 20.1. The summed E-state index contributed by atoms with van der Waals surface area (Å²) in [6.45, 7) is -0.693. The number of fused-ring (bicyclic) bond motifs is 1. The fraction of sp³-hybridized carbons (Fsp3) is 0.417. The van der Waals surface area contributed by atoms with E-state index < -0.39 is 73.1 Å². The number of carboxylic acids is 3. The Balaban J connectivity index is 1.66. The van der Waals surface area contributed by atoms with Gasteiger partial charge in [0, 0.05) is 24.5 Å². The van der Waals surface area contributed by atoms with E-state index in [1.54, 1.807) is 0 Å². The molecule has 0 radical (unpaired) electrons. The molecule has 15 nitrogen and oxygen atoms in total. The van der Waals surface area contributed by atoms with Gasteiger partial charge >= 0.3 is 11.9 Å². The maximum atomic E-state index is 11.9. The van der Waals surface area contributed by atoms with Crippen molar-refractivity contribution in [1.82, 2.24) is 5.32 Å². The molecule has 1 fully saturated rings. The number of allylic oxidation sites excluding steroid dienone is 2. The molecule has 15 heteroatoms. The van der Waals surface area contributed by atoms with Gasteiger partial charge in [0.15, 0.2) is 17.7 Å². The highest BCUT2D eigenvalue weighted by Crippen LogP contribution is 2.40. The van der Waals surface area contributed by atoms with Crippen LogP contribution in [-0.2, 0) is 25.5 Å². The third kappa shape index (κ3) is 5.57. The average molecular weight is 550 g/mol. The Morgan fingerprint density at radius 3 is 2.46 bits per heavy atom. The van der Waals surface area contributed by atoms with Gasteiger partial charge in [0.1, 0.15) is 42.1 Å². The topological polar surface area (TPSA) is 249 Å². The molecule has 0 saturated carbocycles. The predicted octanol–water partition coefficient (Wildman–Crippen LogP) is -3.70. The van der Waals surface area contributed by atoms with Gasteiger partial charge in [-0.05, 0) is 17.7 Å². The first-order valence-corrected chi connectivity index (χ1v) is 11.7. The summed E-state index contributed by atoms with van der Waals surface area (Å²) in [5.41, 5.74) is 0.535. The van der Waals surface area contributed by atoms with Crippen LogP contribution in [0.25, 0.3) is 0 Å². The molecule has 1 aromatic carbocycles. The number of aromatic hydroxyl groups is 1. The number of benzene rings is 1. The van der Waals surface area contributed by atoms with Gasteiger partial charge in [-0.3, -0.25) is 0 Å². The zero-order chi connectivity index (χ0) is 28.6. The molecule has 4 rings (SSSR count). The number of aliphatic carboxylic acids is 3. The number of carbonyl (C=O) groups excluding carboxylic acids is 1. The van der Waals surface area contributed by atoms with Crippen LogP contribution >= 0.6 is 0 Å². The molecule has 0 bridgehead atoms. The first-order chi connectivity index (χ1) is 18.4. The molecule has 0 spiro atoms. The zero-order valence-electron chi connectivity index (χ0n) is 20.1. The van der Waals surface area contributed by atoms with Crippen LogP contribution in [0, 0.1) is 0 Å². The summed E-state index contributed by atoms with van der Waals surface area (Å²) < 4.78 is 12.0. The van der Waals surface area contributed by atoms with Crippen molar-refractivity contribution in [3.63, 3.8) is 0 Å². The Morgan fingerprint density at radius 2 is 1.85 bits per heavy atom. The van der Waals surface area contributed by atoms with E-state index in [1.807, 2.05) is 0 Å². The lowest BCUT2D eigenvalue weighted by atomic mass is 9.99. The molecule has 3 aliphatic rings. The Hall–Kier alpha value is -4.02. The molecule has 3 aliphatic heterocycles. The SMILES string of the molecule is O=C(O)C1=C/C(=C\C=[N+]2c3cc(O)c(O[C@@H]4O[C@H](CO)[C@H](O)[C@H](O)[C@H]4O)cc3C[C@H]2C(=O)[O-])C[C@@H](C(=O)O)N1. The quantitative estimate of drug-likeness (QED) is 0.152. The van der Waals surface area contributed by atoms with Crippen LogP contribution in [0.5, 0.6) is 11.5 Å². The number of carboxylic acid groups (broad SMARTS) is 3. The van der Waals surface area contributed by atoms with Gasteiger partial charge < -0.3 is 60.4 Å². The molecule has 210 valence electrons. The largest absolute Gasteiger partial charge is 0.543 e. The molecule has 1 aromatic rings. The number of ether oxygens (including phenoxy) is 2. The first kappa shape index (κ1) is 28.0. The van der Waals surface area contributed by atoms with Gasteiger partial charge in [0.2, 0.25) is 18.0 Å². The third-order valence-electron chi connectivity index (χ3n) is 6.63. The summed E-state index contributed by atoms with van der Waals surface area (Å²) in [6.07, 6.45) is -4.24. The van der Waals surface area contributed by atoms with E-state index >= 15 is 0 Å². The van der Waals surface area contributed by atoms with E-state index in [-0.39, 0.29) is 35.5 Å². The summed E-state index contributed by atoms with van der Waals surface area (Å²) >= 11 is 0. The summed E-state index contributed by atoms with van der Waals surface area (Å²) in [5.74, 6) is -4.86. The molecule has 39 heavy (non-hydrogen) atoms. The number of carbonyl (C=O) groups is 3. The number of nitrogens with zero attached hydrogens (tertiary/aromatic N) is 1. The second-order valence-electron chi connectivity index (χ2n) is 9.20. The molecule has 8 N–H and O–H groups in total. The third-order valence-corrected chi connectivity index (χ3v) is 6.63. The Bertz CT molecular complexity index is 1270. The van der Waals surface area contributed by atoms with Gasteiger partial charge in [-0.1, -0.05) is 0 Å². The summed E-state index contributed by atoms with van der Waals surface area (Å²) in [5, 5.41) is 82.9. The predicted molar refractivity (Wildman–Crippen MR) is 124 cm³/mol. The van der Waals surface area contributed by atoms with Crippen molar-refractivity contribution in [2.45, 2.75) is 55.6 Å². The standard InChI is InChI=1S/C24H26N2O13/c27-8-17-18(29)19(30)20(31)24(39-17)38-16-6-10-5-14(23(36)37)26(13(10)7-15(16)28)2-1-9-3-11(21(32)33)25-12(4-9)22(34)35/h1-3,6-7,12,14,17-20,24,27,29-31H,4-5,8H2,(H4,28,32,33,34,35,36,37)/t12-,14-,17+,18-,19-,20+,24+/m0/s1. The molecule has 0 aliphatic carbocycles. The number of hydrogen-bond donors (Lipinski definition) is 8. The molecule has 0 aromatic heterocycles. The Morgan fingerprint density at radius 1 is 1.13 bits per heavy atom. The van der Waals surface area contributed by atoms with Crippen LogP contribution in [0.1, 0.15) is 12.0 Å². The molecule has 1 saturated heterocycles. The summed E-state index contributed by atoms with van der Waals surface area (Å²) in [7, 11) is 0. The Labute approximate surface area is 219 Å². The highest BCUT2D eigenvalue weighted by Gasteiger charge is 2.45. The van der Waals surface area contributed by atoms with E-state index in [0.717, 1.165) is 0 Å². The number of aliphatic hydroxyl groups excluding tert-OH is 4. The van der Waals surface area contributed by atoms with Gasteiger partial charge in [0.05, 0.1) is 12.7 Å². The van der Waals surface area contributed by atoms with Gasteiger partial charge in [-0.15, -0.1) is 0 Å². The lowest BCUT2D eigenvalue weighted by Gasteiger charge is -2.39. The lowest BCUT2D eigenvalue weighted by Crippen LogP contribution is -2.60. The Kier molecular flexibility index (Phi) is 7.89. The fourth-order valence-electron chi connectivity index (χ4n) is 4.57. The number of aliphatic hydroxyl groups is 4. The lowest BCUT2D eigenvalue weighted by molar-refractivity contribution is -0.475. The minimum absolute atomic E-state index is 0.0869. The van der Waals surface area contributed by atoms with Crippen molar-refractivity contribution < 1.29 is 69.3 Å². The second-order valence-corrected chi connectivity index (χ2v) is 9.20. The number of phenols is 1. The van der Waals surface area contributed by atoms with Crippen molar-refractivity contribution >= 4 is 29.8 Å². The highest BCUT2D eigenvalue weighted by atomic mass is 16.7. The average Bonchev–Trinajstić information content (AvgIpc) is 3.24. The normalized spacial score (nSPS) is 32.3. The fourth-order valence-corrected chi connectivity index (χ4v) is 4.57. The second kappa shape index (κ2) is 11.0. The van der Waals surface area contributed by atoms with Crippen LogP contribution < -0.4 is 15.2 Å². The van der Waals surface area contributed by atoms with Crippen molar-refractivity contribution in [2.75, 3.05) is 6.61 Å². The van der Waals surface area contributed by atoms with E-state index in [9.17, 15) is 55.2 Å². The van der Waals surface area contributed by atoms with Crippen LogP contribution in [-0.4, -0.2) is 114 Å². The molecule has 0 unspecified atom stereocenters. The van der Waals surface area contributed by atoms with Gasteiger partial charge in [-0.25, -0.2) is 9.59 Å². The molecule has 7 atom stereocenters. The van der Waals surface area contributed by atoms with Crippen LogP contribution in [0.3, 0.4) is 0 Å². The van der Waals surface area contributed by atoms with Crippen molar-refractivity contribution in [2.24, 2.45) is 0 Å². The minimum atomic E-state index is -1.74. The van der Waals surface area contributed by atoms with Crippen LogP contribution in [0.4, 0.5) is 5.69 Å². The maximum Gasteiger partial charge on any atom is 0.351 e. The smallest absolute Gasteiger partial charge is 0.351 e. The van der Waals surface area contributed by atoms with Crippen LogP contribution in [0.15, 0.2) is 35.6 Å². The van der Waals surface area contributed by atoms with Gasteiger partial charge in [-0.2, -0.15) is 4.58 Å². The van der Waals surface area contributed by atoms with Crippen LogP contribution in [0.2, 0.25) is 0 Å². The number of hydrogen-bond acceptors (Lipinski definition) is 12. The first-order valence-electron chi connectivity index (χ1n) is 11.7. The van der Waals surface area contributed by atoms with E-state index in [4.69, 9.17) is 9.47 Å². The molecular weight excluding hydrogens is 524 g/mol. The monoisotopic (exact) mass is 550 g/mol. The highest BCUT2D eigenvalue weighted by molar-refractivity contribution is 5.89. The number of nitrogens with one attached hydrogen (secondary N) is 1. The molecule has 3 heterocycles. The van der Waals surface area contributed by atoms with Crippen molar-refractivity contribution in [3.8, 4) is 11.5 Å². The van der Waals surface area contributed by atoms with Crippen molar-refractivity contribution in [1.29, 1.82) is 0 Å². The van der Waals surface area contributed by atoms with Crippen molar-refractivity contribution in [3.05, 3.63) is 41.1 Å². The van der Waals surface area contributed by atoms with E-state index in [0.29, 0.717) is 5.56 Å². The molecular formula is C24H26N2O13. The van der Waals surface area contributed by atoms with E-state index in [2.05, 4.69) is 5.32 Å². The maximum absolute atomic E-state index is 11.9. The minimum Gasteiger partial charge on any atom is -0.543 e. The summed E-state index contributed by atoms with van der Waals surface area (Å²) in [4.78, 5) is 34.7.